The summed E-state index contributed by atoms with van der Waals surface area (Å²) < 4.78 is 0. The molecule has 0 radical (unpaired) electrons. The van der Waals surface area contributed by atoms with Crippen molar-refractivity contribution in [1.82, 2.24) is 15.2 Å². The molecule has 1 aliphatic heterocycles. The maximum atomic E-state index is 12.0. The van der Waals surface area contributed by atoms with Gasteiger partial charge in [-0.25, -0.2) is 0 Å². The zero-order chi connectivity index (χ0) is 12.3. The lowest BCUT2D eigenvalue weighted by Gasteiger charge is -2.31. The van der Waals surface area contributed by atoms with Gasteiger partial charge in [0.05, 0.1) is 5.56 Å². The van der Waals surface area contributed by atoms with Crippen LogP contribution in [0.25, 0.3) is 0 Å². The molecule has 0 bridgehead atoms. The van der Waals surface area contributed by atoms with Crippen molar-refractivity contribution in [2.24, 2.45) is 0 Å². The second kappa shape index (κ2) is 4.92. The first kappa shape index (κ1) is 11.5. The molecular formula is C11H13N3O3. The number of nitrogens with one attached hydrogen (secondary N) is 1. The number of aromatic nitrogens is 1. The lowest BCUT2D eigenvalue weighted by molar-refractivity contribution is -0.140. The topological polar surface area (TPSA) is 82.5 Å². The molecule has 1 amide bonds. The van der Waals surface area contributed by atoms with E-state index in [4.69, 9.17) is 5.11 Å². The number of nitrogens with zero attached hydrogens (tertiary/aromatic N) is 2. The van der Waals surface area contributed by atoms with E-state index < -0.39 is 12.0 Å². The van der Waals surface area contributed by atoms with Crippen LogP contribution in [0.3, 0.4) is 0 Å². The summed E-state index contributed by atoms with van der Waals surface area (Å²) in [5.41, 5.74) is 0.485. The minimum Gasteiger partial charge on any atom is -0.480 e. The second-order valence-corrected chi connectivity index (χ2v) is 3.84. The SMILES string of the molecule is O=C(O)C1CN(C(=O)c2cccnc2)CCN1. The number of hydrogen-bond acceptors (Lipinski definition) is 4. The van der Waals surface area contributed by atoms with Gasteiger partial charge in [-0.3, -0.25) is 14.6 Å². The molecule has 1 unspecified atom stereocenters. The summed E-state index contributed by atoms with van der Waals surface area (Å²) in [5.74, 6) is -1.11. The number of carbonyl (C=O) groups excluding carboxylic acids is 1. The number of aliphatic carboxylic acids is 1. The number of carbonyl (C=O) groups is 2. The van der Waals surface area contributed by atoms with Crippen molar-refractivity contribution < 1.29 is 14.7 Å². The molecule has 2 rings (SSSR count). The molecule has 2 heterocycles. The van der Waals surface area contributed by atoms with Gasteiger partial charge in [-0.1, -0.05) is 0 Å². The van der Waals surface area contributed by atoms with E-state index in [2.05, 4.69) is 10.3 Å². The van der Waals surface area contributed by atoms with Gasteiger partial charge in [-0.05, 0) is 12.1 Å². The predicted molar refractivity (Wildman–Crippen MR) is 59.6 cm³/mol. The average Bonchev–Trinajstić information content (AvgIpc) is 2.39. The van der Waals surface area contributed by atoms with Crippen molar-refractivity contribution in [2.45, 2.75) is 6.04 Å². The van der Waals surface area contributed by atoms with Gasteiger partial charge < -0.3 is 15.3 Å². The minimum atomic E-state index is -0.936. The van der Waals surface area contributed by atoms with Crippen LogP contribution in [0.2, 0.25) is 0 Å². The molecule has 1 aromatic rings. The van der Waals surface area contributed by atoms with Crippen molar-refractivity contribution in [2.75, 3.05) is 19.6 Å². The van der Waals surface area contributed by atoms with Gasteiger partial charge in [0.2, 0.25) is 0 Å². The van der Waals surface area contributed by atoms with E-state index in [1.54, 1.807) is 18.3 Å². The van der Waals surface area contributed by atoms with Crippen molar-refractivity contribution in [1.29, 1.82) is 0 Å². The normalized spacial score (nSPS) is 20.0. The fraction of sp³-hybridized carbons (Fsp3) is 0.364. The first-order valence-corrected chi connectivity index (χ1v) is 5.34. The van der Waals surface area contributed by atoms with Crippen molar-refractivity contribution in [3.05, 3.63) is 30.1 Å². The Morgan fingerprint density at radius 2 is 2.35 bits per heavy atom. The summed E-state index contributed by atoms with van der Waals surface area (Å²) in [6.07, 6.45) is 3.08. The third-order valence-corrected chi connectivity index (χ3v) is 2.67. The standard InChI is InChI=1S/C11H13N3O3/c15-10(8-2-1-3-12-6-8)14-5-4-13-9(7-14)11(16)17/h1-3,6,9,13H,4-5,7H2,(H,16,17). The van der Waals surface area contributed by atoms with Gasteiger partial charge in [0.25, 0.3) is 5.91 Å². The highest BCUT2D eigenvalue weighted by Crippen LogP contribution is 2.06. The summed E-state index contributed by atoms with van der Waals surface area (Å²) in [5, 5.41) is 11.7. The molecule has 1 aliphatic rings. The lowest BCUT2D eigenvalue weighted by atomic mass is 10.1. The van der Waals surface area contributed by atoms with Crippen LogP contribution in [0.1, 0.15) is 10.4 Å². The van der Waals surface area contributed by atoms with Gasteiger partial charge in [-0.15, -0.1) is 0 Å². The van der Waals surface area contributed by atoms with Crippen LogP contribution in [0, 0.1) is 0 Å². The van der Waals surface area contributed by atoms with Crippen molar-refractivity contribution >= 4 is 11.9 Å². The fourth-order valence-corrected chi connectivity index (χ4v) is 1.77. The third kappa shape index (κ3) is 2.59. The predicted octanol–water partition coefficient (Wildman–Crippen LogP) is -0.420. The molecule has 0 spiro atoms. The monoisotopic (exact) mass is 235 g/mol. The number of pyridine rings is 1. The first-order valence-electron chi connectivity index (χ1n) is 5.34. The zero-order valence-corrected chi connectivity index (χ0v) is 9.17. The molecule has 6 nitrogen and oxygen atoms in total. The fourth-order valence-electron chi connectivity index (χ4n) is 1.77. The Balaban J connectivity index is 2.07. The lowest BCUT2D eigenvalue weighted by Crippen LogP contribution is -2.55. The molecule has 1 saturated heterocycles. The van der Waals surface area contributed by atoms with Gasteiger partial charge in [0.15, 0.2) is 0 Å². The highest BCUT2D eigenvalue weighted by molar-refractivity contribution is 5.94. The van der Waals surface area contributed by atoms with E-state index in [1.807, 2.05) is 0 Å². The molecule has 0 saturated carbocycles. The Kier molecular flexibility index (Phi) is 3.34. The van der Waals surface area contributed by atoms with E-state index in [9.17, 15) is 9.59 Å². The third-order valence-electron chi connectivity index (χ3n) is 2.67. The first-order chi connectivity index (χ1) is 8.18. The molecular weight excluding hydrogens is 222 g/mol. The summed E-state index contributed by atoms with van der Waals surface area (Å²) in [6.45, 7) is 1.18. The van der Waals surface area contributed by atoms with Crippen LogP contribution in [0.5, 0.6) is 0 Å². The van der Waals surface area contributed by atoms with E-state index in [-0.39, 0.29) is 12.5 Å². The quantitative estimate of drug-likeness (QED) is 0.727. The number of amides is 1. The molecule has 2 N–H and O–H groups in total. The van der Waals surface area contributed by atoms with Gasteiger partial charge >= 0.3 is 5.97 Å². The maximum absolute atomic E-state index is 12.0. The molecule has 0 aliphatic carbocycles. The number of hydrogen-bond donors (Lipinski definition) is 2. The van der Waals surface area contributed by atoms with E-state index in [1.165, 1.54) is 11.1 Å². The molecule has 0 aromatic carbocycles. The molecule has 1 aromatic heterocycles. The summed E-state index contributed by atoms with van der Waals surface area (Å²) in [4.78, 5) is 28.3. The largest absolute Gasteiger partial charge is 0.480 e. The Labute approximate surface area is 98.3 Å². The van der Waals surface area contributed by atoms with E-state index in [0.29, 0.717) is 18.7 Å². The molecule has 90 valence electrons. The summed E-state index contributed by atoms with van der Waals surface area (Å²) >= 11 is 0. The van der Waals surface area contributed by atoms with E-state index >= 15 is 0 Å². The van der Waals surface area contributed by atoms with Crippen LogP contribution >= 0.6 is 0 Å². The number of carboxylic acid groups (broad SMARTS) is 1. The Morgan fingerprint density at radius 1 is 1.53 bits per heavy atom. The van der Waals surface area contributed by atoms with Crippen LogP contribution in [-0.2, 0) is 4.79 Å². The highest BCUT2D eigenvalue weighted by atomic mass is 16.4. The Bertz CT molecular complexity index is 421. The smallest absolute Gasteiger partial charge is 0.322 e. The van der Waals surface area contributed by atoms with Crippen LogP contribution in [0.15, 0.2) is 24.5 Å². The maximum Gasteiger partial charge on any atom is 0.322 e. The summed E-state index contributed by atoms with van der Waals surface area (Å²) in [6, 6.07) is 2.67. The number of piperazine rings is 1. The van der Waals surface area contributed by atoms with Gasteiger partial charge in [0.1, 0.15) is 6.04 Å². The molecule has 1 fully saturated rings. The molecule has 17 heavy (non-hydrogen) atoms. The number of carboxylic acids is 1. The summed E-state index contributed by atoms with van der Waals surface area (Å²) in [7, 11) is 0. The van der Waals surface area contributed by atoms with Crippen molar-refractivity contribution in [3.8, 4) is 0 Å². The van der Waals surface area contributed by atoms with Crippen molar-refractivity contribution in [3.63, 3.8) is 0 Å². The highest BCUT2D eigenvalue weighted by Gasteiger charge is 2.28. The Hall–Kier alpha value is -1.95. The average molecular weight is 235 g/mol. The molecule has 1 atom stereocenters. The van der Waals surface area contributed by atoms with Crippen LogP contribution in [-0.4, -0.2) is 52.5 Å². The minimum absolute atomic E-state index is 0.175. The molecule has 6 heteroatoms. The second-order valence-electron chi connectivity index (χ2n) is 3.84. The zero-order valence-electron chi connectivity index (χ0n) is 9.17. The van der Waals surface area contributed by atoms with Crippen LogP contribution in [0.4, 0.5) is 0 Å². The van der Waals surface area contributed by atoms with Gasteiger partial charge in [0, 0.05) is 32.0 Å². The van der Waals surface area contributed by atoms with Gasteiger partial charge in [-0.2, -0.15) is 0 Å². The van der Waals surface area contributed by atoms with E-state index in [0.717, 1.165) is 0 Å². The van der Waals surface area contributed by atoms with Crippen LogP contribution < -0.4 is 5.32 Å². The number of rotatable bonds is 2. The Morgan fingerprint density at radius 3 is 3.00 bits per heavy atom.